The van der Waals surface area contributed by atoms with Crippen LogP contribution in [0.5, 0.6) is 0 Å². The summed E-state index contributed by atoms with van der Waals surface area (Å²) in [7, 11) is 0. The van der Waals surface area contributed by atoms with Crippen molar-refractivity contribution in [2.75, 3.05) is 31.1 Å². The lowest BCUT2D eigenvalue weighted by atomic mass is 10.1. The van der Waals surface area contributed by atoms with Gasteiger partial charge < -0.3 is 23.0 Å². The molecule has 0 atom stereocenters. The van der Waals surface area contributed by atoms with Crippen molar-refractivity contribution >= 4 is 34.5 Å². The number of halogens is 1. The summed E-state index contributed by atoms with van der Waals surface area (Å²) in [6.07, 6.45) is 4.65. The smallest absolute Gasteiger partial charge is 0.362 e. The summed E-state index contributed by atoms with van der Waals surface area (Å²) in [5.41, 5.74) is 8.55. The molecule has 1 fully saturated rings. The molecule has 0 spiro atoms. The summed E-state index contributed by atoms with van der Waals surface area (Å²) in [6.45, 7) is 8.62. The van der Waals surface area contributed by atoms with Gasteiger partial charge in [-0.2, -0.15) is 0 Å². The van der Waals surface area contributed by atoms with Crippen molar-refractivity contribution < 1.29 is 17.0 Å². The molecule has 2 aliphatic rings. The van der Waals surface area contributed by atoms with Crippen LogP contribution < -0.4 is 23.0 Å². The number of benzene rings is 1. The minimum absolute atomic E-state index is 0. The van der Waals surface area contributed by atoms with Crippen molar-refractivity contribution in [1.29, 1.82) is 0 Å². The minimum Gasteiger partial charge on any atom is -1.00 e. The molecule has 0 aliphatic carbocycles. The van der Waals surface area contributed by atoms with E-state index >= 15 is 0 Å². The van der Waals surface area contributed by atoms with Crippen LogP contribution >= 0.6 is 11.8 Å². The van der Waals surface area contributed by atoms with Crippen molar-refractivity contribution in [2.45, 2.75) is 26.7 Å². The highest BCUT2D eigenvalue weighted by molar-refractivity contribution is 8.18. The molecule has 2 heterocycles. The van der Waals surface area contributed by atoms with Crippen LogP contribution in [0.3, 0.4) is 0 Å². The molecule has 4 nitrogen and oxygen atoms in total. The first-order valence-electron chi connectivity index (χ1n) is 8.42. The van der Waals surface area contributed by atoms with E-state index in [4.69, 9.17) is 5.73 Å². The van der Waals surface area contributed by atoms with Gasteiger partial charge in [-0.3, -0.25) is 4.58 Å². The molecule has 0 saturated carbocycles. The van der Waals surface area contributed by atoms with Gasteiger partial charge in [0.25, 0.3) is 5.84 Å². The van der Waals surface area contributed by atoms with Crippen LogP contribution in [-0.4, -0.2) is 41.8 Å². The lowest BCUT2D eigenvalue weighted by Crippen LogP contribution is -3.00. The molecule has 1 aromatic carbocycles. The first-order valence-corrected chi connectivity index (χ1v) is 9.24. The minimum atomic E-state index is 0. The number of nitrogens with two attached hydrogens (primary N) is 1. The topological polar surface area (TPSA) is 44.6 Å². The Morgan fingerprint density at radius 1 is 1.17 bits per heavy atom. The Labute approximate surface area is 154 Å². The standard InChI is InChI=1S/C18H24N4S.ClH/c1-3-21(4-2)15-9-7-14(8-10-15)13-16-17(19)20-18(23-16)22-11-5-6-12-22;/h7-10,13,19H,3-6,11-12H2,1-2H3;1H. The fourth-order valence-corrected chi connectivity index (χ4v) is 4.00. The molecule has 0 bridgehead atoms. The molecule has 0 aromatic heterocycles. The maximum atomic E-state index is 6.11. The van der Waals surface area contributed by atoms with Crippen LogP contribution in [0.15, 0.2) is 34.2 Å². The molecule has 2 N–H and O–H groups in total. The van der Waals surface area contributed by atoms with E-state index in [1.54, 1.807) is 11.8 Å². The normalized spacial score (nSPS) is 18.8. The van der Waals surface area contributed by atoms with Gasteiger partial charge in [0.15, 0.2) is 0 Å². The number of nitrogens with zero attached hydrogens (tertiary/aromatic N) is 3. The second-order valence-corrected chi connectivity index (χ2v) is 6.86. The van der Waals surface area contributed by atoms with Crippen LogP contribution in [0.25, 0.3) is 6.08 Å². The van der Waals surface area contributed by atoms with E-state index in [9.17, 15) is 0 Å². The Bertz CT molecular complexity index is 652. The van der Waals surface area contributed by atoms with Crippen molar-refractivity contribution in [3.8, 4) is 0 Å². The van der Waals surface area contributed by atoms with Gasteiger partial charge in [0.05, 0.1) is 18.0 Å². The quantitative estimate of drug-likeness (QED) is 0.773. The molecule has 2 aliphatic heterocycles. The third-order valence-electron chi connectivity index (χ3n) is 4.37. The zero-order chi connectivity index (χ0) is 16.2. The van der Waals surface area contributed by atoms with Crippen molar-refractivity contribution in [3.63, 3.8) is 0 Å². The summed E-state index contributed by atoms with van der Waals surface area (Å²) in [6, 6.07) is 8.67. The van der Waals surface area contributed by atoms with Gasteiger partial charge in [0, 0.05) is 30.5 Å². The SMILES string of the molecule is CCN(CC)c1ccc(C=C2SC(=[N+]3CCCC3)N=C2N)cc1.[Cl-]. The molecular formula is C18H25ClN4S. The highest BCUT2D eigenvalue weighted by atomic mass is 35.5. The number of aliphatic imine (C=N–C) groups is 1. The number of hydrogen-bond acceptors (Lipinski definition) is 3. The molecule has 0 radical (unpaired) electrons. The summed E-state index contributed by atoms with van der Waals surface area (Å²) in [4.78, 5) is 7.95. The summed E-state index contributed by atoms with van der Waals surface area (Å²) in [5.74, 6) is 0.643. The summed E-state index contributed by atoms with van der Waals surface area (Å²) >= 11 is 1.69. The maximum Gasteiger partial charge on any atom is 0.362 e. The van der Waals surface area contributed by atoms with Crippen LogP contribution in [0.4, 0.5) is 5.69 Å². The van der Waals surface area contributed by atoms with Crippen LogP contribution in [-0.2, 0) is 0 Å². The second-order valence-electron chi connectivity index (χ2n) is 5.85. The number of thioether (sulfide) groups is 1. The molecule has 1 aromatic rings. The van der Waals surface area contributed by atoms with E-state index < -0.39 is 0 Å². The van der Waals surface area contributed by atoms with Gasteiger partial charge in [0.1, 0.15) is 0 Å². The third-order valence-corrected chi connectivity index (χ3v) is 5.44. The van der Waals surface area contributed by atoms with E-state index in [2.05, 4.69) is 58.7 Å². The fraction of sp³-hybridized carbons (Fsp3) is 0.444. The lowest BCUT2D eigenvalue weighted by molar-refractivity contribution is -0.503. The van der Waals surface area contributed by atoms with Gasteiger partial charge >= 0.3 is 5.17 Å². The van der Waals surface area contributed by atoms with E-state index in [1.165, 1.54) is 24.1 Å². The molecule has 6 heteroatoms. The Balaban J connectivity index is 0.00000208. The third kappa shape index (κ3) is 4.14. The largest absolute Gasteiger partial charge is 1.00 e. The maximum absolute atomic E-state index is 6.11. The Hall–Kier alpha value is -1.46. The second kappa shape index (κ2) is 8.58. The van der Waals surface area contributed by atoms with E-state index in [0.29, 0.717) is 5.84 Å². The zero-order valence-corrected chi connectivity index (χ0v) is 15.9. The van der Waals surface area contributed by atoms with E-state index in [1.807, 2.05) is 0 Å². The van der Waals surface area contributed by atoms with E-state index in [0.717, 1.165) is 36.3 Å². The molecule has 1 saturated heterocycles. The number of amidine groups is 2. The number of anilines is 1. The van der Waals surface area contributed by atoms with Crippen LogP contribution in [0.1, 0.15) is 32.3 Å². The van der Waals surface area contributed by atoms with Crippen LogP contribution in [0.2, 0.25) is 0 Å². The molecule has 130 valence electrons. The van der Waals surface area contributed by atoms with Crippen molar-refractivity contribution in [2.24, 2.45) is 10.7 Å². The predicted molar refractivity (Wildman–Crippen MR) is 101 cm³/mol. The highest BCUT2D eigenvalue weighted by Gasteiger charge is 2.30. The van der Waals surface area contributed by atoms with Gasteiger partial charge in [-0.05, 0) is 55.5 Å². The van der Waals surface area contributed by atoms with Crippen molar-refractivity contribution in [3.05, 3.63) is 34.7 Å². The predicted octanol–water partition coefficient (Wildman–Crippen LogP) is 0.144. The fourth-order valence-electron chi connectivity index (χ4n) is 3.00. The average molecular weight is 365 g/mol. The summed E-state index contributed by atoms with van der Waals surface area (Å²) in [5, 5.41) is 1.06. The monoisotopic (exact) mass is 364 g/mol. The van der Waals surface area contributed by atoms with Gasteiger partial charge in [-0.15, -0.1) is 0 Å². The first kappa shape index (κ1) is 18.9. The number of hydrogen-bond donors (Lipinski definition) is 1. The lowest BCUT2D eigenvalue weighted by Gasteiger charge is -2.20. The number of rotatable bonds is 4. The molecule has 0 amide bonds. The highest BCUT2D eigenvalue weighted by Crippen LogP contribution is 2.29. The zero-order valence-electron chi connectivity index (χ0n) is 14.3. The molecule has 3 rings (SSSR count). The molecular weight excluding hydrogens is 340 g/mol. The summed E-state index contributed by atoms with van der Waals surface area (Å²) < 4.78 is 2.34. The van der Waals surface area contributed by atoms with Crippen molar-refractivity contribution in [1.82, 2.24) is 0 Å². The Kier molecular flexibility index (Phi) is 6.75. The average Bonchev–Trinajstić information content (AvgIpc) is 3.21. The van der Waals surface area contributed by atoms with E-state index in [-0.39, 0.29) is 12.4 Å². The molecule has 0 unspecified atom stereocenters. The van der Waals surface area contributed by atoms with Gasteiger partial charge in [-0.1, -0.05) is 12.1 Å². The van der Waals surface area contributed by atoms with Gasteiger partial charge in [-0.25, -0.2) is 0 Å². The van der Waals surface area contributed by atoms with Crippen LogP contribution in [0, 0.1) is 0 Å². The first-order chi connectivity index (χ1) is 11.2. The molecule has 24 heavy (non-hydrogen) atoms. The Morgan fingerprint density at radius 2 is 1.79 bits per heavy atom. The Morgan fingerprint density at radius 3 is 2.38 bits per heavy atom. The van der Waals surface area contributed by atoms with Gasteiger partial charge in [0.2, 0.25) is 0 Å².